The average Bonchev–Trinajstić information content (AvgIpc) is 2.36. The molecule has 0 aliphatic heterocycles. The largest absolute Gasteiger partial charge is 0.397 e. The first-order chi connectivity index (χ1) is 9.45. The summed E-state index contributed by atoms with van der Waals surface area (Å²) in [5.74, 6) is -0.409. The summed E-state index contributed by atoms with van der Waals surface area (Å²) in [4.78, 5) is 11.8. The number of benzene rings is 2. The van der Waals surface area contributed by atoms with Gasteiger partial charge in [0.2, 0.25) is 0 Å². The lowest BCUT2D eigenvalue weighted by Crippen LogP contribution is -2.20. The first kappa shape index (κ1) is 13.9. The monoisotopic (exact) mass is 273 g/mol. The van der Waals surface area contributed by atoms with Gasteiger partial charge >= 0.3 is 6.03 Å². The number of nitrogens with two attached hydrogens (primary N) is 1. The summed E-state index contributed by atoms with van der Waals surface area (Å²) in [5, 5.41) is 5.20. The van der Waals surface area contributed by atoms with Crippen molar-refractivity contribution in [3.8, 4) is 0 Å². The van der Waals surface area contributed by atoms with Crippen molar-refractivity contribution >= 4 is 23.1 Å². The first-order valence-corrected chi connectivity index (χ1v) is 6.16. The highest BCUT2D eigenvalue weighted by Gasteiger charge is 2.07. The van der Waals surface area contributed by atoms with Crippen LogP contribution in [0.2, 0.25) is 0 Å². The SMILES string of the molecule is Cc1cc(N)c(NC(=O)Nc2cccc(F)c2)cc1C. The minimum absolute atomic E-state index is 0.380. The van der Waals surface area contributed by atoms with E-state index in [0.717, 1.165) is 11.1 Å². The summed E-state index contributed by atoms with van der Waals surface area (Å²) in [6.45, 7) is 3.88. The van der Waals surface area contributed by atoms with E-state index in [2.05, 4.69) is 10.6 Å². The minimum atomic E-state index is -0.467. The molecule has 0 aliphatic rings. The molecule has 2 aromatic rings. The number of amides is 2. The van der Waals surface area contributed by atoms with Gasteiger partial charge in [0.1, 0.15) is 5.82 Å². The van der Waals surface area contributed by atoms with Gasteiger partial charge < -0.3 is 16.4 Å². The number of rotatable bonds is 2. The lowest BCUT2D eigenvalue weighted by Gasteiger charge is -2.12. The van der Waals surface area contributed by atoms with Crippen LogP contribution in [0, 0.1) is 19.7 Å². The van der Waals surface area contributed by atoms with E-state index in [1.807, 2.05) is 13.8 Å². The van der Waals surface area contributed by atoms with Crippen molar-refractivity contribution in [1.82, 2.24) is 0 Å². The Kier molecular flexibility index (Phi) is 3.89. The Morgan fingerprint density at radius 2 is 1.80 bits per heavy atom. The number of nitrogen functional groups attached to an aromatic ring is 1. The maximum absolute atomic E-state index is 13.0. The van der Waals surface area contributed by atoms with Crippen LogP contribution in [0.1, 0.15) is 11.1 Å². The Hall–Kier alpha value is -2.56. The van der Waals surface area contributed by atoms with Crippen molar-refractivity contribution in [3.05, 3.63) is 53.3 Å². The van der Waals surface area contributed by atoms with Gasteiger partial charge in [-0.15, -0.1) is 0 Å². The van der Waals surface area contributed by atoms with Crippen LogP contribution in [-0.4, -0.2) is 6.03 Å². The number of halogens is 1. The van der Waals surface area contributed by atoms with E-state index in [1.54, 1.807) is 18.2 Å². The number of urea groups is 1. The van der Waals surface area contributed by atoms with Crippen molar-refractivity contribution < 1.29 is 9.18 Å². The third-order valence-corrected chi connectivity index (χ3v) is 3.00. The highest BCUT2D eigenvalue weighted by atomic mass is 19.1. The quantitative estimate of drug-likeness (QED) is 0.731. The van der Waals surface area contributed by atoms with Crippen LogP contribution < -0.4 is 16.4 Å². The van der Waals surface area contributed by atoms with Crippen molar-refractivity contribution in [3.63, 3.8) is 0 Å². The van der Waals surface area contributed by atoms with Crippen molar-refractivity contribution in [2.75, 3.05) is 16.4 Å². The van der Waals surface area contributed by atoms with Gasteiger partial charge in [-0.1, -0.05) is 6.07 Å². The van der Waals surface area contributed by atoms with Crippen molar-refractivity contribution in [2.24, 2.45) is 0 Å². The van der Waals surface area contributed by atoms with Gasteiger partial charge in [-0.25, -0.2) is 9.18 Å². The Balaban J connectivity index is 2.10. The molecule has 4 N–H and O–H groups in total. The molecule has 2 rings (SSSR count). The molecular formula is C15H16FN3O. The molecule has 0 bridgehead atoms. The molecule has 0 saturated heterocycles. The first-order valence-electron chi connectivity index (χ1n) is 6.16. The topological polar surface area (TPSA) is 67.1 Å². The molecule has 0 fully saturated rings. The highest BCUT2D eigenvalue weighted by Crippen LogP contribution is 2.23. The van der Waals surface area contributed by atoms with Crippen LogP contribution in [-0.2, 0) is 0 Å². The molecule has 0 heterocycles. The van der Waals surface area contributed by atoms with Gasteiger partial charge in [0.25, 0.3) is 0 Å². The van der Waals surface area contributed by atoms with Gasteiger partial charge in [0.05, 0.1) is 11.4 Å². The number of anilines is 3. The normalized spacial score (nSPS) is 10.2. The summed E-state index contributed by atoms with van der Waals surface area (Å²) in [6.07, 6.45) is 0. The lowest BCUT2D eigenvalue weighted by atomic mass is 10.1. The molecule has 2 aromatic carbocycles. The second kappa shape index (κ2) is 5.61. The highest BCUT2D eigenvalue weighted by molar-refractivity contribution is 6.01. The molecule has 5 heteroatoms. The fourth-order valence-electron chi connectivity index (χ4n) is 1.80. The molecule has 0 aliphatic carbocycles. The van der Waals surface area contributed by atoms with E-state index < -0.39 is 11.8 Å². The Bertz CT molecular complexity index is 656. The zero-order valence-electron chi connectivity index (χ0n) is 11.3. The number of aryl methyl sites for hydroxylation is 2. The number of nitrogens with one attached hydrogen (secondary N) is 2. The zero-order chi connectivity index (χ0) is 14.7. The Labute approximate surface area is 116 Å². The van der Waals surface area contributed by atoms with E-state index >= 15 is 0 Å². The average molecular weight is 273 g/mol. The van der Waals surface area contributed by atoms with Crippen LogP contribution in [0.25, 0.3) is 0 Å². The third kappa shape index (κ3) is 3.26. The van der Waals surface area contributed by atoms with E-state index in [9.17, 15) is 9.18 Å². The summed E-state index contributed by atoms with van der Waals surface area (Å²) in [5.41, 5.74) is 9.33. The number of carbonyl (C=O) groups excluding carboxylic acids is 1. The number of carbonyl (C=O) groups is 1. The molecule has 4 nitrogen and oxygen atoms in total. The lowest BCUT2D eigenvalue weighted by molar-refractivity contribution is 0.262. The fourth-order valence-corrected chi connectivity index (χ4v) is 1.80. The Morgan fingerprint density at radius 3 is 2.50 bits per heavy atom. The molecule has 0 radical (unpaired) electrons. The molecule has 0 saturated carbocycles. The number of hydrogen-bond donors (Lipinski definition) is 3. The van der Waals surface area contributed by atoms with Crippen LogP contribution in [0.4, 0.5) is 26.2 Å². The molecular weight excluding hydrogens is 257 g/mol. The van der Waals surface area contributed by atoms with Gasteiger partial charge in [-0.05, 0) is 55.3 Å². The van der Waals surface area contributed by atoms with Crippen LogP contribution in [0.3, 0.4) is 0 Å². The smallest absolute Gasteiger partial charge is 0.323 e. The van der Waals surface area contributed by atoms with Crippen LogP contribution in [0.15, 0.2) is 36.4 Å². The second-order valence-corrected chi connectivity index (χ2v) is 4.61. The van der Waals surface area contributed by atoms with Gasteiger partial charge in [0, 0.05) is 5.69 Å². The summed E-state index contributed by atoms with van der Waals surface area (Å²) in [7, 11) is 0. The van der Waals surface area contributed by atoms with E-state index in [1.165, 1.54) is 18.2 Å². The zero-order valence-corrected chi connectivity index (χ0v) is 11.3. The summed E-state index contributed by atoms with van der Waals surface area (Å²) >= 11 is 0. The van der Waals surface area contributed by atoms with Crippen LogP contribution in [0.5, 0.6) is 0 Å². The van der Waals surface area contributed by atoms with E-state index in [-0.39, 0.29) is 0 Å². The molecule has 0 aromatic heterocycles. The van der Waals surface area contributed by atoms with Gasteiger partial charge in [-0.2, -0.15) is 0 Å². The molecule has 0 spiro atoms. The van der Waals surface area contributed by atoms with E-state index in [4.69, 9.17) is 5.73 Å². The summed E-state index contributed by atoms with van der Waals surface area (Å²) in [6, 6.07) is 8.81. The second-order valence-electron chi connectivity index (χ2n) is 4.61. The maximum Gasteiger partial charge on any atom is 0.323 e. The summed E-state index contributed by atoms with van der Waals surface area (Å²) < 4.78 is 13.0. The molecule has 104 valence electrons. The number of hydrogen-bond acceptors (Lipinski definition) is 2. The Morgan fingerprint density at radius 1 is 1.10 bits per heavy atom. The molecule has 0 atom stereocenters. The maximum atomic E-state index is 13.0. The predicted molar refractivity (Wildman–Crippen MR) is 79.4 cm³/mol. The molecule has 2 amide bonds. The molecule has 20 heavy (non-hydrogen) atoms. The van der Waals surface area contributed by atoms with Gasteiger partial charge in [0.15, 0.2) is 0 Å². The third-order valence-electron chi connectivity index (χ3n) is 3.00. The molecule has 0 unspecified atom stereocenters. The predicted octanol–water partition coefficient (Wildman–Crippen LogP) is 3.67. The van der Waals surface area contributed by atoms with Crippen LogP contribution >= 0.6 is 0 Å². The van der Waals surface area contributed by atoms with Crippen molar-refractivity contribution in [2.45, 2.75) is 13.8 Å². The minimum Gasteiger partial charge on any atom is -0.397 e. The van der Waals surface area contributed by atoms with Crippen molar-refractivity contribution in [1.29, 1.82) is 0 Å². The standard InChI is InChI=1S/C15H16FN3O/c1-9-6-13(17)14(7-10(9)2)19-15(20)18-12-5-3-4-11(16)8-12/h3-8H,17H2,1-2H3,(H2,18,19,20). The van der Waals surface area contributed by atoms with Gasteiger partial charge in [-0.3, -0.25) is 0 Å². The fraction of sp³-hybridized carbons (Fsp3) is 0.133. The van der Waals surface area contributed by atoms with E-state index in [0.29, 0.717) is 17.1 Å².